The quantitative estimate of drug-likeness (QED) is 0.798. The van der Waals surface area contributed by atoms with Crippen LogP contribution in [-0.4, -0.2) is 6.04 Å². The molecule has 76 valence electrons. The summed E-state index contributed by atoms with van der Waals surface area (Å²) in [5, 5.41) is 3.54. The average Bonchev–Trinajstić information content (AvgIpc) is 2.39. The lowest BCUT2D eigenvalue weighted by atomic mass is 9.86. The summed E-state index contributed by atoms with van der Waals surface area (Å²) in [4.78, 5) is 0. The second kappa shape index (κ2) is 3.58. The molecule has 1 aromatic rings. The van der Waals surface area contributed by atoms with Gasteiger partial charge in [-0.3, -0.25) is 0 Å². The summed E-state index contributed by atoms with van der Waals surface area (Å²) in [5.41, 5.74) is 2.77. The van der Waals surface area contributed by atoms with Gasteiger partial charge in [-0.1, -0.05) is 35.8 Å². The van der Waals surface area contributed by atoms with E-state index in [0.29, 0.717) is 17.9 Å². The molecule has 2 heteroatoms. The van der Waals surface area contributed by atoms with E-state index in [1.165, 1.54) is 11.3 Å². The molecule has 0 radical (unpaired) electrons. The third kappa shape index (κ3) is 1.56. The van der Waals surface area contributed by atoms with Crippen LogP contribution >= 0.6 is 15.9 Å². The Morgan fingerprint density at radius 3 is 2.71 bits per heavy atom. The molecule has 0 amide bonds. The zero-order valence-corrected chi connectivity index (χ0v) is 10.4. The van der Waals surface area contributed by atoms with Crippen LogP contribution in [0, 0.1) is 5.92 Å². The highest BCUT2D eigenvalue weighted by atomic mass is 79.9. The van der Waals surface area contributed by atoms with Crippen molar-refractivity contribution in [1.29, 1.82) is 0 Å². The first kappa shape index (κ1) is 10.0. The molecule has 0 aromatic heterocycles. The molecule has 14 heavy (non-hydrogen) atoms. The van der Waals surface area contributed by atoms with Gasteiger partial charge in [0.15, 0.2) is 0 Å². The summed E-state index contributed by atoms with van der Waals surface area (Å²) in [6.45, 7) is 6.85. The lowest BCUT2D eigenvalue weighted by molar-refractivity contribution is 0.472. The van der Waals surface area contributed by atoms with Gasteiger partial charge >= 0.3 is 0 Å². The van der Waals surface area contributed by atoms with E-state index >= 15 is 0 Å². The van der Waals surface area contributed by atoms with Crippen LogP contribution in [0.5, 0.6) is 0 Å². The van der Waals surface area contributed by atoms with E-state index in [0.717, 1.165) is 4.47 Å². The third-order valence-electron chi connectivity index (χ3n) is 3.01. The van der Waals surface area contributed by atoms with Crippen LogP contribution in [0.4, 0.5) is 5.69 Å². The summed E-state index contributed by atoms with van der Waals surface area (Å²) in [5.74, 6) is 1.35. The van der Waals surface area contributed by atoms with Crippen molar-refractivity contribution in [2.75, 3.05) is 5.32 Å². The minimum absolute atomic E-state index is 0.555. The van der Waals surface area contributed by atoms with Crippen molar-refractivity contribution >= 4 is 21.6 Å². The molecule has 1 nitrogen and oxygen atoms in total. The molecule has 0 spiro atoms. The molecule has 1 aliphatic heterocycles. The molecule has 0 bridgehead atoms. The van der Waals surface area contributed by atoms with Crippen molar-refractivity contribution in [3.8, 4) is 0 Å². The fourth-order valence-electron chi connectivity index (χ4n) is 2.49. The van der Waals surface area contributed by atoms with Gasteiger partial charge in [-0.2, -0.15) is 0 Å². The van der Waals surface area contributed by atoms with E-state index in [1.807, 2.05) is 0 Å². The Morgan fingerprint density at radius 2 is 2.07 bits per heavy atom. The number of halogens is 1. The van der Waals surface area contributed by atoms with Crippen molar-refractivity contribution in [2.45, 2.75) is 32.7 Å². The molecule has 0 fully saturated rings. The molecule has 2 atom stereocenters. The topological polar surface area (TPSA) is 12.0 Å². The fraction of sp³-hybridized carbons (Fsp3) is 0.500. The number of hydrogen-bond acceptors (Lipinski definition) is 1. The molecule has 0 saturated heterocycles. The van der Waals surface area contributed by atoms with Crippen molar-refractivity contribution in [2.24, 2.45) is 5.92 Å². The zero-order chi connectivity index (χ0) is 10.3. The van der Waals surface area contributed by atoms with Gasteiger partial charge in [-0.05, 0) is 30.5 Å². The van der Waals surface area contributed by atoms with Gasteiger partial charge in [-0.25, -0.2) is 0 Å². The first-order valence-electron chi connectivity index (χ1n) is 5.15. The molecular weight excluding hydrogens is 238 g/mol. The SMILES string of the molecule is CC(C)C1c2ccc(Br)cc2NC1C. The lowest BCUT2D eigenvalue weighted by Gasteiger charge is -2.19. The maximum absolute atomic E-state index is 3.54. The molecule has 1 aliphatic rings. The van der Waals surface area contributed by atoms with Crippen LogP contribution < -0.4 is 5.32 Å². The van der Waals surface area contributed by atoms with E-state index in [2.05, 4.69) is 60.2 Å². The maximum Gasteiger partial charge on any atom is 0.0390 e. The van der Waals surface area contributed by atoms with Crippen LogP contribution in [0.25, 0.3) is 0 Å². The van der Waals surface area contributed by atoms with Crippen molar-refractivity contribution in [1.82, 2.24) is 0 Å². The predicted molar refractivity (Wildman–Crippen MR) is 64.8 cm³/mol. The van der Waals surface area contributed by atoms with Crippen molar-refractivity contribution < 1.29 is 0 Å². The lowest BCUT2D eigenvalue weighted by Crippen LogP contribution is -2.20. The number of rotatable bonds is 1. The van der Waals surface area contributed by atoms with Crippen LogP contribution in [0.2, 0.25) is 0 Å². The van der Waals surface area contributed by atoms with E-state index < -0.39 is 0 Å². The molecule has 0 aliphatic carbocycles. The molecule has 0 saturated carbocycles. The first-order chi connectivity index (χ1) is 6.59. The van der Waals surface area contributed by atoms with E-state index in [-0.39, 0.29) is 0 Å². The van der Waals surface area contributed by atoms with Crippen LogP contribution in [0.3, 0.4) is 0 Å². The predicted octanol–water partition coefficient (Wildman–Crippen LogP) is 4.00. The zero-order valence-electron chi connectivity index (χ0n) is 8.84. The summed E-state index contributed by atoms with van der Waals surface area (Å²) < 4.78 is 1.15. The Bertz CT molecular complexity index is 346. The molecule has 2 unspecified atom stereocenters. The Labute approximate surface area is 94.0 Å². The molecule has 1 aromatic carbocycles. The summed E-state index contributed by atoms with van der Waals surface area (Å²) in [6, 6.07) is 7.10. The number of benzene rings is 1. The molecule has 1 heterocycles. The summed E-state index contributed by atoms with van der Waals surface area (Å²) >= 11 is 3.50. The van der Waals surface area contributed by atoms with Gasteiger partial charge in [0.25, 0.3) is 0 Å². The Hall–Kier alpha value is -0.500. The standard InChI is InChI=1S/C12H16BrN/c1-7(2)12-8(3)14-11-6-9(13)4-5-10(11)12/h4-8,12,14H,1-3H3. The van der Waals surface area contributed by atoms with Gasteiger partial charge in [0.05, 0.1) is 0 Å². The van der Waals surface area contributed by atoms with Gasteiger partial charge < -0.3 is 5.32 Å². The monoisotopic (exact) mass is 253 g/mol. The fourth-order valence-corrected chi connectivity index (χ4v) is 2.85. The first-order valence-corrected chi connectivity index (χ1v) is 5.95. The van der Waals surface area contributed by atoms with Crippen LogP contribution in [-0.2, 0) is 0 Å². The number of nitrogens with one attached hydrogen (secondary N) is 1. The molecular formula is C12H16BrN. The second-order valence-corrected chi connectivity index (χ2v) is 5.35. The summed E-state index contributed by atoms with van der Waals surface area (Å²) in [7, 11) is 0. The van der Waals surface area contributed by atoms with Gasteiger partial charge in [-0.15, -0.1) is 0 Å². The molecule has 1 N–H and O–H groups in total. The highest BCUT2D eigenvalue weighted by Crippen LogP contribution is 2.41. The van der Waals surface area contributed by atoms with E-state index in [9.17, 15) is 0 Å². The second-order valence-electron chi connectivity index (χ2n) is 4.43. The van der Waals surface area contributed by atoms with E-state index in [4.69, 9.17) is 0 Å². The Balaban J connectivity index is 2.42. The number of hydrogen-bond donors (Lipinski definition) is 1. The normalized spacial score (nSPS) is 24.9. The number of anilines is 1. The highest BCUT2D eigenvalue weighted by Gasteiger charge is 2.30. The third-order valence-corrected chi connectivity index (χ3v) is 3.51. The van der Waals surface area contributed by atoms with Crippen molar-refractivity contribution in [3.05, 3.63) is 28.2 Å². The highest BCUT2D eigenvalue weighted by molar-refractivity contribution is 9.10. The minimum atomic E-state index is 0.555. The van der Waals surface area contributed by atoms with Gasteiger partial charge in [0, 0.05) is 22.1 Å². The largest absolute Gasteiger partial charge is 0.382 e. The summed E-state index contributed by atoms with van der Waals surface area (Å²) in [6.07, 6.45) is 0. The van der Waals surface area contributed by atoms with Gasteiger partial charge in [0.1, 0.15) is 0 Å². The van der Waals surface area contributed by atoms with Crippen LogP contribution in [0.1, 0.15) is 32.3 Å². The molecule has 2 rings (SSSR count). The Kier molecular flexibility index (Phi) is 2.56. The van der Waals surface area contributed by atoms with E-state index in [1.54, 1.807) is 0 Å². The van der Waals surface area contributed by atoms with Crippen LogP contribution in [0.15, 0.2) is 22.7 Å². The average molecular weight is 254 g/mol. The van der Waals surface area contributed by atoms with Crippen molar-refractivity contribution in [3.63, 3.8) is 0 Å². The maximum atomic E-state index is 3.54. The smallest absolute Gasteiger partial charge is 0.0390 e. The number of fused-ring (bicyclic) bond motifs is 1. The minimum Gasteiger partial charge on any atom is -0.382 e. The van der Waals surface area contributed by atoms with Gasteiger partial charge in [0.2, 0.25) is 0 Å². The Morgan fingerprint density at radius 1 is 1.36 bits per heavy atom.